The monoisotopic (exact) mass is 186 g/mol. The lowest BCUT2D eigenvalue weighted by molar-refractivity contribution is 0.171. The molecule has 0 aliphatic carbocycles. The van der Waals surface area contributed by atoms with E-state index in [1.54, 1.807) is 13.8 Å². The molecule has 1 aromatic heterocycles. The van der Waals surface area contributed by atoms with Crippen LogP contribution in [-0.4, -0.2) is 26.0 Å². The molecule has 0 aliphatic heterocycles. The standard InChI is InChI=1S/C7H12N3O3/c1-5(11)4-9-6(2)8-3-7(9)10(12)13/h3,5,11-12H,4H2,1-2H3/q-1/t5-/m0/s1. The number of imidazole rings is 1. The maximum absolute atomic E-state index is 10.6. The van der Waals surface area contributed by atoms with Crippen molar-refractivity contribution in [1.82, 2.24) is 9.55 Å². The lowest BCUT2D eigenvalue weighted by Gasteiger charge is -2.23. The molecule has 0 fully saturated rings. The molecule has 0 amide bonds. The Bertz CT molecular complexity index is 283. The van der Waals surface area contributed by atoms with Gasteiger partial charge < -0.3 is 20.1 Å². The topological polar surface area (TPSA) is 84.6 Å². The predicted octanol–water partition coefficient (Wildman–Crippen LogP) is 0.266. The van der Waals surface area contributed by atoms with Crippen LogP contribution in [0.1, 0.15) is 12.7 Å². The van der Waals surface area contributed by atoms with Crippen molar-refractivity contribution in [2.24, 2.45) is 0 Å². The molecule has 0 unspecified atom stereocenters. The quantitative estimate of drug-likeness (QED) is 0.661. The molecule has 6 nitrogen and oxygen atoms in total. The Hall–Kier alpha value is -1.11. The van der Waals surface area contributed by atoms with Gasteiger partial charge in [0.05, 0.1) is 18.8 Å². The van der Waals surface area contributed by atoms with E-state index in [1.165, 1.54) is 10.8 Å². The van der Waals surface area contributed by atoms with Crippen molar-refractivity contribution in [2.45, 2.75) is 26.5 Å². The van der Waals surface area contributed by atoms with Gasteiger partial charge in [0.2, 0.25) is 0 Å². The number of hydrogen-bond donors (Lipinski definition) is 2. The molecule has 1 atom stereocenters. The molecule has 1 rings (SSSR count). The first-order valence-corrected chi connectivity index (χ1v) is 3.88. The van der Waals surface area contributed by atoms with Crippen LogP contribution in [0.2, 0.25) is 0 Å². The Labute approximate surface area is 75.6 Å². The van der Waals surface area contributed by atoms with Crippen molar-refractivity contribution >= 4 is 5.82 Å². The smallest absolute Gasteiger partial charge is 0.142 e. The van der Waals surface area contributed by atoms with Gasteiger partial charge in [-0.25, -0.2) is 4.98 Å². The zero-order valence-electron chi connectivity index (χ0n) is 7.51. The van der Waals surface area contributed by atoms with Gasteiger partial charge in [0.25, 0.3) is 0 Å². The molecule has 2 N–H and O–H groups in total. The molecule has 0 aromatic carbocycles. The SMILES string of the molecule is Cc1ncc(N([O-])O)n1C[C@H](C)O. The Morgan fingerprint density at radius 1 is 1.77 bits per heavy atom. The summed E-state index contributed by atoms with van der Waals surface area (Å²) >= 11 is 0. The van der Waals surface area contributed by atoms with Crippen molar-refractivity contribution in [2.75, 3.05) is 5.23 Å². The predicted molar refractivity (Wildman–Crippen MR) is 46.3 cm³/mol. The van der Waals surface area contributed by atoms with Gasteiger partial charge >= 0.3 is 0 Å². The average molecular weight is 186 g/mol. The van der Waals surface area contributed by atoms with Crippen LogP contribution in [0.4, 0.5) is 5.82 Å². The molecule has 0 aliphatic rings. The highest BCUT2D eigenvalue weighted by Gasteiger charge is 2.08. The molecule has 0 radical (unpaired) electrons. The Balaban J connectivity index is 2.94. The number of aliphatic hydroxyl groups excluding tert-OH is 1. The summed E-state index contributed by atoms with van der Waals surface area (Å²) in [5.74, 6) is 0.601. The number of aliphatic hydroxyl groups is 1. The number of aromatic nitrogens is 2. The third kappa shape index (κ3) is 2.18. The van der Waals surface area contributed by atoms with Crippen molar-refractivity contribution in [3.63, 3.8) is 0 Å². The number of rotatable bonds is 3. The molecule has 0 spiro atoms. The summed E-state index contributed by atoms with van der Waals surface area (Å²) < 4.78 is 1.44. The Morgan fingerprint density at radius 3 is 2.85 bits per heavy atom. The van der Waals surface area contributed by atoms with E-state index in [2.05, 4.69) is 4.98 Å². The van der Waals surface area contributed by atoms with Gasteiger partial charge in [-0.2, -0.15) is 0 Å². The number of aryl methyl sites for hydroxylation is 1. The lowest BCUT2D eigenvalue weighted by Crippen LogP contribution is -2.19. The highest BCUT2D eigenvalue weighted by Crippen LogP contribution is 2.14. The summed E-state index contributed by atoms with van der Waals surface area (Å²) in [5.41, 5.74) is 0. The second kappa shape index (κ2) is 3.73. The van der Waals surface area contributed by atoms with Crippen LogP contribution in [0.5, 0.6) is 0 Å². The molecular formula is C7H12N3O3-. The molecule has 1 heterocycles. The fourth-order valence-electron chi connectivity index (χ4n) is 1.10. The number of hydrogen-bond acceptors (Lipinski definition) is 5. The first-order valence-electron chi connectivity index (χ1n) is 3.88. The summed E-state index contributed by atoms with van der Waals surface area (Å²) in [6.07, 6.45) is 0.664. The van der Waals surface area contributed by atoms with E-state index in [4.69, 9.17) is 10.3 Å². The fraction of sp³-hybridized carbons (Fsp3) is 0.571. The van der Waals surface area contributed by atoms with Gasteiger partial charge in [-0.1, -0.05) is 0 Å². The van der Waals surface area contributed by atoms with Gasteiger partial charge in [0.1, 0.15) is 11.6 Å². The van der Waals surface area contributed by atoms with Crippen LogP contribution in [-0.2, 0) is 6.54 Å². The number of nitrogens with zero attached hydrogens (tertiary/aromatic N) is 3. The average Bonchev–Trinajstić information content (AvgIpc) is 2.32. The van der Waals surface area contributed by atoms with Crippen molar-refractivity contribution in [3.05, 3.63) is 17.2 Å². The molecule has 6 heteroatoms. The summed E-state index contributed by atoms with van der Waals surface area (Å²) in [7, 11) is 0. The molecule has 13 heavy (non-hydrogen) atoms. The maximum atomic E-state index is 10.6. The highest BCUT2D eigenvalue weighted by molar-refractivity contribution is 5.36. The largest absolute Gasteiger partial charge is 0.732 e. The van der Waals surface area contributed by atoms with Crippen LogP contribution in [0.15, 0.2) is 6.20 Å². The van der Waals surface area contributed by atoms with Crippen molar-refractivity contribution < 1.29 is 10.3 Å². The van der Waals surface area contributed by atoms with Gasteiger partial charge in [-0.3, -0.25) is 5.21 Å². The zero-order chi connectivity index (χ0) is 10.0. The lowest BCUT2D eigenvalue weighted by atomic mass is 10.4. The first kappa shape index (κ1) is 9.97. The first-order chi connectivity index (χ1) is 6.02. The molecule has 0 saturated carbocycles. The minimum atomic E-state index is -0.591. The normalized spacial score (nSPS) is 13.0. The second-order valence-electron chi connectivity index (χ2n) is 2.90. The van der Waals surface area contributed by atoms with Gasteiger partial charge in [0.15, 0.2) is 0 Å². The van der Waals surface area contributed by atoms with E-state index < -0.39 is 6.10 Å². The summed E-state index contributed by atoms with van der Waals surface area (Å²) in [6.45, 7) is 3.52. The van der Waals surface area contributed by atoms with Gasteiger partial charge in [-0.05, 0) is 13.8 Å². The third-order valence-corrected chi connectivity index (χ3v) is 1.68. The van der Waals surface area contributed by atoms with E-state index in [-0.39, 0.29) is 17.6 Å². The Kier molecular flexibility index (Phi) is 2.86. The third-order valence-electron chi connectivity index (χ3n) is 1.68. The van der Waals surface area contributed by atoms with Crippen LogP contribution in [0, 0.1) is 12.1 Å². The summed E-state index contributed by atoms with van der Waals surface area (Å²) in [5, 5.41) is 28.1. The van der Waals surface area contributed by atoms with Crippen LogP contribution < -0.4 is 5.23 Å². The van der Waals surface area contributed by atoms with Crippen molar-refractivity contribution in [1.29, 1.82) is 0 Å². The van der Waals surface area contributed by atoms with E-state index in [0.29, 0.717) is 5.82 Å². The Morgan fingerprint density at radius 2 is 2.38 bits per heavy atom. The summed E-state index contributed by atoms with van der Waals surface area (Å²) in [6, 6.07) is 0. The van der Waals surface area contributed by atoms with Gasteiger partial charge in [-0.15, -0.1) is 0 Å². The van der Waals surface area contributed by atoms with Crippen LogP contribution in [0.25, 0.3) is 0 Å². The van der Waals surface area contributed by atoms with E-state index >= 15 is 0 Å². The highest BCUT2D eigenvalue weighted by atomic mass is 16.8. The van der Waals surface area contributed by atoms with Crippen molar-refractivity contribution in [3.8, 4) is 0 Å². The fourth-order valence-corrected chi connectivity index (χ4v) is 1.10. The molecular weight excluding hydrogens is 174 g/mol. The minimum absolute atomic E-state index is 0.0263. The second-order valence-corrected chi connectivity index (χ2v) is 2.90. The molecule has 1 aromatic rings. The van der Waals surface area contributed by atoms with Crippen LogP contribution in [0.3, 0.4) is 0 Å². The molecule has 74 valence electrons. The van der Waals surface area contributed by atoms with E-state index in [9.17, 15) is 5.21 Å². The zero-order valence-corrected chi connectivity index (χ0v) is 7.51. The van der Waals surface area contributed by atoms with Crippen LogP contribution >= 0.6 is 0 Å². The maximum Gasteiger partial charge on any atom is 0.142 e. The molecule has 0 saturated heterocycles. The number of anilines is 1. The minimum Gasteiger partial charge on any atom is -0.732 e. The van der Waals surface area contributed by atoms with E-state index in [1.807, 2.05) is 0 Å². The molecule has 0 bridgehead atoms. The van der Waals surface area contributed by atoms with Gasteiger partial charge in [0, 0.05) is 0 Å². The summed E-state index contributed by atoms with van der Waals surface area (Å²) in [4.78, 5) is 3.84. The van der Waals surface area contributed by atoms with E-state index in [0.717, 1.165) is 0 Å².